The third-order valence-corrected chi connectivity index (χ3v) is 4.69. The molecule has 0 saturated carbocycles. The van der Waals surface area contributed by atoms with Crippen LogP contribution in [0.15, 0.2) is 29.3 Å². The molecule has 1 saturated heterocycles. The molecule has 160 valence electrons. The summed E-state index contributed by atoms with van der Waals surface area (Å²) in [5, 5.41) is 26.2. The lowest BCUT2D eigenvalue weighted by atomic mass is 10.0. The fourth-order valence-corrected chi connectivity index (χ4v) is 3.36. The van der Waals surface area contributed by atoms with E-state index >= 15 is 0 Å². The molecule has 2 atom stereocenters. The summed E-state index contributed by atoms with van der Waals surface area (Å²) in [5.41, 5.74) is 1.69. The maximum Gasteiger partial charge on any atom is 0.191 e. The van der Waals surface area contributed by atoms with Crippen molar-refractivity contribution >= 4 is 11.6 Å². The Morgan fingerprint density at radius 2 is 2.17 bits per heavy atom. The number of anilines is 1. The number of nitrogens with zero attached hydrogens (tertiary/aromatic N) is 3. The topological polar surface area (TPSA) is 92.9 Å². The van der Waals surface area contributed by atoms with E-state index in [0.717, 1.165) is 38.2 Å². The van der Waals surface area contributed by atoms with Crippen LogP contribution in [0, 0.1) is 17.2 Å². The van der Waals surface area contributed by atoms with E-state index in [-0.39, 0.29) is 6.04 Å². The standard InChI is InChI=1S/C22H35N5O2/c1-4-24-22(25-13-20(28)16-29-15-17(2)3)26-19-9-7-11-27(14-19)21-10-6-5-8-18(21)12-23/h5-6,8,10,17,19-20,28H,4,7,9,11,13-16H2,1-3H3,(H2,24,25,26). The van der Waals surface area contributed by atoms with Crippen molar-refractivity contribution in [3.05, 3.63) is 29.8 Å². The fourth-order valence-electron chi connectivity index (χ4n) is 3.36. The normalized spacial score (nSPS) is 18.4. The number of hydrogen-bond donors (Lipinski definition) is 3. The molecule has 1 heterocycles. The lowest BCUT2D eigenvalue weighted by molar-refractivity contribution is 0.0301. The van der Waals surface area contributed by atoms with Crippen molar-refractivity contribution in [1.82, 2.24) is 10.6 Å². The first-order valence-corrected chi connectivity index (χ1v) is 10.6. The summed E-state index contributed by atoms with van der Waals surface area (Å²) in [7, 11) is 0. The van der Waals surface area contributed by atoms with Crippen LogP contribution in [-0.4, -0.2) is 62.6 Å². The molecule has 7 nitrogen and oxygen atoms in total. The van der Waals surface area contributed by atoms with E-state index in [4.69, 9.17) is 4.74 Å². The van der Waals surface area contributed by atoms with Gasteiger partial charge in [-0.3, -0.25) is 4.99 Å². The first-order chi connectivity index (χ1) is 14.0. The molecule has 2 rings (SSSR count). The highest BCUT2D eigenvalue weighted by Gasteiger charge is 2.22. The van der Waals surface area contributed by atoms with E-state index in [1.165, 1.54) is 0 Å². The lowest BCUT2D eigenvalue weighted by Crippen LogP contribution is -2.51. The van der Waals surface area contributed by atoms with E-state index in [1.54, 1.807) is 0 Å². The highest BCUT2D eigenvalue weighted by molar-refractivity contribution is 5.80. The number of para-hydroxylation sites is 1. The van der Waals surface area contributed by atoms with Crippen molar-refractivity contribution in [2.75, 3.05) is 44.3 Å². The highest BCUT2D eigenvalue weighted by Crippen LogP contribution is 2.23. The van der Waals surface area contributed by atoms with Crippen LogP contribution in [0.25, 0.3) is 0 Å². The summed E-state index contributed by atoms with van der Waals surface area (Å²) in [6, 6.07) is 10.3. The van der Waals surface area contributed by atoms with Crippen molar-refractivity contribution in [3.8, 4) is 6.07 Å². The van der Waals surface area contributed by atoms with Crippen LogP contribution in [0.3, 0.4) is 0 Å². The van der Waals surface area contributed by atoms with Crippen LogP contribution in [-0.2, 0) is 4.74 Å². The van der Waals surface area contributed by atoms with Gasteiger partial charge in [-0.15, -0.1) is 0 Å². The second-order valence-corrected chi connectivity index (χ2v) is 7.86. The highest BCUT2D eigenvalue weighted by atomic mass is 16.5. The molecule has 0 radical (unpaired) electrons. The van der Waals surface area contributed by atoms with Gasteiger partial charge in [-0.2, -0.15) is 5.26 Å². The van der Waals surface area contributed by atoms with Gasteiger partial charge in [-0.1, -0.05) is 26.0 Å². The number of nitriles is 1. The second kappa shape index (κ2) is 12.3. The van der Waals surface area contributed by atoms with Gasteiger partial charge in [0.2, 0.25) is 0 Å². The summed E-state index contributed by atoms with van der Waals surface area (Å²) in [4.78, 5) is 6.79. The molecule has 0 spiro atoms. The summed E-state index contributed by atoms with van der Waals surface area (Å²) >= 11 is 0. The molecule has 1 fully saturated rings. The third-order valence-electron chi connectivity index (χ3n) is 4.69. The van der Waals surface area contributed by atoms with Crippen molar-refractivity contribution < 1.29 is 9.84 Å². The maximum absolute atomic E-state index is 10.1. The number of aliphatic hydroxyl groups is 1. The summed E-state index contributed by atoms with van der Waals surface area (Å²) < 4.78 is 5.49. The number of benzene rings is 1. The minimum absolute atomic E-state index is 0.225. The van der Waals surface area contributed by atoms with Gasteiger partial charge in [0.1, 0.15) is 6.07 Å². The average Bonchev–Trinajstić information content (AvgIpc) is 2.72. The Kier molecular flexibility index (Phi) is 9.75. The quantitative estimate of drug-likeness (QED) is 0.434. The van der Waals surface area contributed by atoms with Gasteiger partial charge in [-0.05, 0) is 37.8 Å². The predicted octanol–water partition coefficient (Wildman–Crippen LogP) is 2.12. The molecule has 0 aromatic heterocycles. The molecule has 0 amide bonds. The zero-order chi connectivity index (χ0) is 21.1. The van der Waals surface area contributed by atoms with Crippen LogP contribution >= 0.6 is 0 Å². The Morgan fingerprint density at radius 3 is 2.90 bits per heavy atom. The molecule has 1 aliphatic rings. The Morgan fingerprint density at radius 1 is 1.38 bits per heavy atom. The van der Waals surface area contributed by atoms with Crippen molar-refractivity contribution in [3.63, 3.8) is 0 Å². The molecule has 7 heteroatoms. The number of piperidine rings is 1. The monoisotopic (exact) mass is 401 g/mol. The molecule has 1 aromatic rings. The van der Waals surface area contributed by atoms with Gasteiger partial charge < -0.3 is 25.4 Å². The first kappa shape index (κ1) is 23.0. The minimum atomic E-state index is -0.616. The van der Waals surface area contributed by atoms with Crippen molar-refractivity contribution in [2.24, 2.45) is 10.9 Å². The third kappa shape index (κ3) is 7.92. The largest absolute Gasteiger partial charge is 0.389 e. The van der Waals surface area contributed by atoms with Crippen LogP contribution in [0.1, 0.15) is 39.2 Å². The van der Waals surface area contributed by atoms with Crippen molar-refractivity contribution in [2.45, 2.75) is 45.8 Å². The van der Waals surface area contributed by atoms with Crippen LogP contribution in [0.2, 0.25) is 0 Å². The molecular formula is C22H35N5O2. The van der Waals surface area contributed by atoms with Gasteiger partial charge in [0.25, 0.3) is 0 Å². The molecule has 2 unspecified atom stereocenters. The number of ether oxygens (including phenoxy) is 1. The van der Waals surface area contributed by atoms with E-state index in [1.807, 2.05) is 31.2 Å². The molecule has 0 aliphatic carbocycles. The smallest absolute Gasteiger partial charge is 0.191 e. The summed E-state index contributed by atoms with van der Waals surface area (Å²) in [6.45, 7) is 9.92. The summed E-state index contributed by atoms with van der Waals surface area (Å²) in [6.07, 6.45) is 1.47. The van der Waals surface area contributed by atoms with Crippen LogP contribution < -0.4 is 15.5 Å². The van der Waals surface area contributed by atoms with Gasteiger partial charge in [0.15, 0.2) is 5.96 Å². The zero-order valence-electron chi connectivity index (χ0n) is 17.9. The van der Waals surface area contributed by atoms with E-state index < -0.39 is 6.10 Å². The first-order valence-electron chi connectivity index (χ1n) is 10.6. The Hall–Kier alpha value is -2.30. The fraction of sp³-hybridized carbons (Fsp3) is 0.636. The Labute approximate surface area is 174 Å². The van der Waals surface area contributed by atoms with Crippen molar-refractivity contribution in [1.29, 1.82) is 5.26 Å². The van der Waals surface area contributed by atoms with E-state index in [2.05, 4.69) is 40.4 Å². The maximum atomic E-state index is 10.1. The molecule has 0 bridgehead atoms. The number of hydrogen-bond acceptors (Lipinski definition) is 5. The lowest BCUT2D eigenvalue weighted by Gasteiger charge is -2.35. The summed E-state index contributed by atoms with van der Waals surface area (Å²) in [5.74, 6) is 1.15. The molecule has 1 aromatic carbocycles. The van der Waals surface area contributed by atoms with Gasteiger partial charge >= 0.3 is 0 Å². The van der Waals surface area contributed by atoms with E-state index in [0.29, 0.717) is 37.2 Å². The van der Waals surface area contributed by atoms with Crippen LogP contribution in [0.4, 0.5) is 5.69 Å². The van der Waals surface area contributed by atoms with E-state index in [9.17, 15) is 10.4 Å². The van der Waals surface area contributed by atoms with Crippen LogP contribution in [0.5, 0.6) is 0 Å². The van der Waals surface area contributed by atoms with Gasteiger partial charge in [-0.25, -0.2) is 0 Å². The molecule has 29 heavy (non-hydrogen) atoms. The van der Waals surface area contributed by atoms with Gasteiger partial charge in [0.05, 0.1) is 30.5 Å². The zero-order valence-corrected chi connectivity index (χ0v) is 17.9. The number of rotatable bonds is 9. The molecule has 3 N–H and O–H groups in total. The molecule has 1 aliphatic heterocycles. The predicted molar refractivity (Wildman–Crippen MR) is 117 cm³/mol. The SMILES string of the molecule is CCNC(=NCC(O)COCC(C)C)NC1CCCN(c2ccccc2C#N)C1. The van der Waals surface area contributed by atoms with Gasteiger partial charge in [0, 0.05) is 32.3 Å². The number of guanidine groups is 1. The average molecular weight is 402 g/mol. The minimum Gasteiger partial charge on any atom is -0.389 e. The Balaban J connectivity index is 1.92. The second-order valence-electron chi connectivity index (χ2n) is 7.86. The number of aliphatic imine (C=N–C) groups is 1. The number of aliphatic hydroxyl groups excluding tert-OH is 1. The number of nitrogens with one attached hydrogen (secondary N) is 2. The Bertz CT molecular complexity index is 686. The molecular weight excluding hydrogens is 366 g/mol.